The minimum atomic E-state index is 0.565. The summed E-state index contributed by atoms with van der Waals surface area (Å²) in [5.74, 6) is 0. The minimum absolute atomic E-state index is 0.565. The molecule has 2 heteroatoms. The Morgan fingerprint density at radius 2 is 2.25 bits per heavy atom. The van der Waals surface area contributed by atoms with Crippen LogP contribution in [0.5, 0.6) is 0 Å². The van der Waals surface area contributed by atoms with Crippen LogP contribution in [0.1, 0.15) is 36.4 Å². The quantitative estimate of drug-likeness (QED) is 0.721. The predicted octanol–water partition coefficient (Wildman–Crippen LogP) is 2.91. The number of fused-ring (bicyclic) bond motifs is 1. The van der Waals surface area contributed by atoms with Crippen molar-refractivity contribution in [3.05, 3.63) is 35.4 Å². The molecule has 1 aliphatic carbocycles. The molecule has 1 aromatic carbocycles. The highest BCUT2D eigenvalue weighted by Crippen LogP contribution is 2.34. The van der Waals surface area contributed by atoms with Gasteiger partial charge in [-0.2, -0.15) is 5.26 Å². The van der Waals surface area contributed by atoms with Crippen LogP contribution in [0.25, 0.3) is 0 Å². The Balaban J connectivity index is 1.99. The fraction of sp³-hybridized carbons (Fsp3) is 0.500. The van der Waals surface area contributed by atoms with Crippen molar-refractivity contribution in [1.82, 2.24) is 4.90 Å². The molecule has 0 bridgehead atoms. The summed E-state index contributed by atoms with van der Waals surface area (Å²) in [4.78, 5) is 2.39. The summed E-state index contributed by atoms with van der Waals surface area (Å²) >= 11 is 0. The fourth-order valence-electron chi connectivity index (χ4n) is 2.56. The largest absolute Gasteiger partial charge is 0.299 e. The normalized spacial score (nSPS) is 18.4. The number of rotatable bonds is 4. The van der Waals surface area contributed by atoms with E-state index in [1.165, 1.54) is 24.0 Å². The molecule has 1 aromatic rings. The van der Waals surface area contributed by atoms with Gasteiger partial charge in [0.2, 0.25) is 0 Å². The molecule has 0 aliphatic heterocycles. The molecule has 0 aromatic heterocycles. The van der Waals surface area contributed by atoms with Crippen molar-refractivity contribution in [2.24, 2.45) is 0 Å². The molecule has 0 spiro atoms. The third kappa shape index (κ3) is 2.25. The first-order chi connectivity index (χ1) is 7.83. The summed E-state index contributed by atoms with van der Waals surface area (Å²) in [7, 11) is 2.17. The molecule has 0 N–H and O–H groups in total. The molecular weight excluding hydrogens is 196 g/mol. The van der Waals surface area contributed by atoms with E-state index in [2.05, 4.69) is 42.3 Å². The molecule has 2 rings (SSSR count). The van der Waals surface area contributed by atoms with E-state index >= 15 is 0 Å². The Labute approximate surface area is 97.5 Å². The Kier molecular flexibility index (Phi) is 3.58. The molecule has 84 valence electrons. The van der Waals surface area contributed by atoms with Gasteiger partial charge in [0, 0.05) is 12.5 Å². The van der Waals surface area contributed by atoms with E-state index in [-0.39, 0.29) is 0 Å². The predicted molar refractivity (Wildman–Crippen MR) is 65.0 cm³/mol. The molecule has 0 amide bonds. The van der Waals surface area contributed by atoms with E-state index in [1.807, 2.05) is 0 Å². The average molecular weight is 214 g/mol. The van der Waals surface area contributed by atoms with Gasteiger partial charge < -0.3 is 0 Å². The monoisotopic (exact) mass is 214 g/mol. The number of hydrogen-bond acceptors (Lipinski definition) is 2. The molecule has 0 radical (unpaired) electrons. The lowest BCUT2D eigenvalue weighted by molar-refractivity contribution is 0.242. The lowest BCUT2D eigenvalue weighted by Gasteiger charge is -2.24. The van der Waals surface area contributed by atoms with E-state index in [0.717, 1.165) is 13.0 Å². The van der Waals surface area contributed by atoms with E-state index in [9.17, 15) is 0 Å². The van der Waals surface area contributed by atoms with Gasteiger partial charge in [-0.1, -0.05) is 24.3 Å². The number of unbranched alkanes of at least 4 members (excludes halogenated alkanes) is 1. The van der Waals surface area contributed by atoms with Crippen molar-refractivity contribution in [1.29, 1.82) is 5.26 Å². The maximum absolute atomic E-state index is 8.53. The van der Waals surface area contributed by atoms with E-state index in [1.54, 1.807) is 0 Å². The second kappa shape index (κ2) is 5.14. The van der Waals surface area contributed by atoms with Crippen LogP contribution in [0, 0.1) is 11.3 Å². The first-order valence-electron chi connectivity index (χ1n) is 5.98. The number of benzene rings is 1. The number of nitriles is 1. The summed E-state index contributed by atoms with van der Waals surface area (Å²) in [6, 6.07) is 11.5. The summed E-state index contributed by atoms with van der Waals surface area (Å²) in [6.45, 7) is 1.02. The molecule has 0 saturated carbocycles. The van der Waals surface area contributed by atoms with Gasteiger partial charge in [-0.05, 0) is 44.0 Å². The molecule has 16 heavy (non-hydrogen) atoms. The zero-order chi connectivity index (χ0) is 11.4. The van der Waals surface area contributed by atoms with Crippen molar-refractivity contribution in [2.45, 2.75) is 31.7 Å². The maximum atomic E-state index is 8.53. The SMILES string of the molecule is CN(CCCC#N)C1CCc2ccccc21. The van der Waals surface area contributed by atoms with E-state index in [0.29, 0.717) is 12.5 Å². The van der Waals surface area contributed by atoms with Crippen LogP contribution in [0.4, 0.5) is 0 Å². The number of hydrogen-bond donors (Lipinski definition) is 0. The van der Waals surface area contributed by atoms with Crippen LogP contribution >= 0.6 is 0 Å². The fourth-order valence-corrected chi connectivity index (χ4v) is 2.56. The average Bonchev–Trinajstić information content (AvgIpc) is 2.73. The Bertz CT molecular complexity index is 392. The summed E-state index contributed by atoms with van der Waals surface area (Å²) in [5.41, 5.74) is 2.99. The van der Waals surface area contributed by atoms with Gasteiger partial charge in [-0.3, -0.25) is 4.90 Å². The summed E-state index contributed by atoms with van der Waals surface area (Å²) in [5, 5.41) is 8.53. The minimum Gasteiger partial charge on any atom is -0.299 e. The van der Waals surface area contributed by atoms with Gasteiger partial charge in [-0.25, -0.2) is 0 Å². The van der Waals surface area contributed by atoms with Gasteiger partial charge in [0.15, 0.2) is 0 Å². The highest BCUT2D eigenvalue weighted by molar-refractivity contribution is 5.34. The lowest BCUT2D eigenvalue weighted by atomic mass is 10.1. The molecule has 2 nitrogen and oxygen atoms in total. The van der Waals surface area contributed by atoms with Crippen molar-refractivity contribution < 1.29 is 0 Å². The summed E-state index contributed by atoms with van der Waals surface area (Å²) in [6.07, 6.45) is 4.07. The van der Waals surface area contributed by atoms with Crippen molar-refractivity contribution in [3.63, 3.8) is 0 Å². The van der Waals surface area contributed by atoms with Gasteiger partial charge >= 0.3 is 0 Å². The van der Waals surface area contributed by atoms with Gasteiger partial charge in [0.25, 0.3) is 0 Å². The van der Waals surface area contributed by atoms with E-state index in [4.69, 9.17) is 5.26 Å². The van der Waals surface area contributed by atoms with E-state index < -0.39 is 0 Å². The maximum Gasteiger partial charge on any atom is 0.0622 e. The topological polar surface area (TPSA) is 27.0 Å². The lowest BCUT2D eigenvalue weighted by Crippen LogP contribution is -2.23. The highest BCUT2D eigenvalue weighted by atomic mass is 15.1. The molecule has 1 aliphatic rings. The zero-order valence-corrected chi connectivity index (χ0v) is 9.82. The van der Waals surface area contributed by atoms with Crippen molar-refractivity contribution in [2.75, 3.05) is 13.6 Å². The van der Waals surface area contributed by atoms with Crippen LogP contribution in [0.15, 0.2) is 24.3 Å². The second-order valence-electron chi connectivity index (χ2n) is 4.50. The standard InChI is InChI=1S/C14H18N2/c1-16(11-5-4-10-15)14-9-8-12-6-2-3-7-13(12)14/h2-3,6-7,14H,4-5,8-9,11H2,1H3. The molecule has 1 unspecified atom stereocenters. The van der Waals surface area contributed by atoms with Gasteiger partial charge in [0.1, 0.15) is 0 Å². The van der Waals surface area contributed by atoms with Gasteiger partial charge in [0.05, 0.1) is 6.07 Å². The first kappa shape index (κ1) is 11.2. The van der Waals surface area contributed by atoms with Crippen LogP contribution in [0.3, 0.4) is 0 Å². The summed E-state index contributed by atoms with van der Waals surface area (Å²) < 4.78 is 0. The van der Waals surface area contributed by atoms with Crippen LogP contribution in [-0.2, 0) is 6.42 Å². The Morgan fingerprint density at radius 1 is 1.44 bits per heavy atom. The zero-order valence-electron chi connectivity index (χ0n) is 9.82. The number of aryl methyl sites for hydroxylation is 1. The highest BCUT2D eigenvalue weighted by Gasteiger charge is 2.24. The molecule has 0 fully saturated rings. The van der Waals surface area contributed by atoms with Crippen molar-refractivity contribution in [3.8, 4) is 6.07 Å². The molecule has 0 heterocycles. The third-order valence-corrected chi connectivity index (χ3v) is 3.43. The molecular formula is C14H18N2. The Hall–Kier alpha value is -1.33. The Morgan fingerprint density at radius 3 is 3.06 bits per heavy atom. The smallest absolute Gasteiger partial charge is 0.0622 e. The molecule has 0 saturated heterocycles. The van der Waals surface area contributed by atoms with Crippen LogP contribution in [0.2, 0.25) is 0 Å². The molecule has 1 atom stereocenters. The second-order valence-corrected chi connectivity index (χ2v) is 4.50. The van der Waals surface area contributed by atoms with Crippen molar-refractivity contribution >= 4 is 0 Å². The first-order valence-corrected chi connectivity index (χ1v) is 5.98. The third-order valence-electron chi connectivity index (χ3n) is 3.43. The van der Waals surface area contributed by atoms with Gasteiger partial charge in [-0.15, -0.1) is 0 Å². The van der Waals surface area contributed by atoms with Crippen LogP contribution < -0.4 is 0 Å². The van der Waals surface area contributed by atoms with Crippen LogP contribution in [-0.4, -0.2) is 18.5 Å². The number of nitrogens with zero attached hydrogens (tertiary/aromatic N) is 2.